The number of hydrogen-bond donors (Lipinski definition) is 2. The fraction of sp³-hybridized carbons (Fsp3) is 0.417. The van der Waals surface area contributed by atoms with Gasteiger partial charge in [0.15, 0.2) is 0 Å². The average Bonchev–Trinajstić information content (AvgIpc) is 2.77. The van der Waals surface area contributed by atoms with E-state index in [4.69, 9.17) is 5.11 Å². The number of nitrogens with zero attached hydrogens (tertiary/aromatic N) is 1. The standard InChI is InChI=1S/C12H13FN2O3/c13-10-6-7(4-5-14-10)11(16)15-9-3-1-2-8(9)12(17)18/h4-6,8-9H,1-3H2,(H,15,16)(H,17,18). The van der Waals surface area contributed by atoms with Crippen LogP contribution in [-0.4, -0.2) is 28.0 Å². The minimum atomic E-state index is -0.904. The number of nitrogens with one attached hydrogen (secondary N) is 1. The SMILES string of the molecule is O=C(NC1CCCC1C(=O)O)c1ccnc(F)c1. The molecule has 1 aliphatic rings. The summed E-state index contributed by atoms with van der Waals surface area (Å²) < 4.78 is 12.9. The van der Waals surface area contributed by atoms with Crippen molar-refractivity contribution in [2.75, 3.05) is 0 Å². The van der Waals surface area contributed by atoms with Gasteiger partial charge in [-0.15, -0.1) is 0 Å². The molecule has 2 atom stereocenters. The van der Waals surface area contributed by atoms with Crippen LogP contribution in [0.5, 0.6) is 0 Å². The first-order valence-electron chi connectivity index (χ1n) is 5.73. The number of rotatable bonds is 3. The molecule has 1 fully saturated rings. The number of amides is 1. The van der Waals surface area contributed by atoms with E-state index >= 15 is 0 Å². The minimum absolute atomic E-state index is 0.151. The third kappa shape index (κ3) is 2.64. The fourth-order valence-electron chi connectivity index (χ4n) is 2.22. The van der Waals surface area contributed by atoms with Crippen LogP contribution >= 0.6 is 0 Å². The van der Waals surface area contributed by atoms with Gasteiger partial charge < -0.3 is 10.4 Å². The van der Waals surface area contributed by atoms with Crippen molar-refractivity contribution in [1.82, 2.24) is 10.3 Å². The number of pyridine rings is 1. The summed E-state index contributed by atoms with van der Waals surface area (Å²) in [5.41, 5.74) is 0.151. The number of carbonyl (C=O) groups excluding carboxylic acids is 1. The molecule has 6 heteroatoms. The van der Waals surface area contributed by atoms with Gasteiger partial charge in [-0.1, -0.05) is 6.42 Å². The van der Waals surface area contributed by atoms with Crippen molar-refractivity contribution in [1.29, 1.82) is 0 Å². The zero-order chi connectivity index (χ0) is 13.1. The molecule has 0 spiro atoms. The third-order valence-corrected chi connectivity index (χ3v) is 3.14. The molecule has 5 nitrogen and oxygen atoms in total. The Morgan fingerprint density at radius 1 is 1.44 bits per heavy atom. The van der Waals surface area contributed by atoms with E-state index in [-0.39, 0.29) is 11.6 Å². The third-order valence-electron chi connectivity index (χ3n) is 3.14. The molecule has 1 aromatic heterocycles. The second kappa shape index (κ2) is 5.12. The zero-order valence-corrected chi connectivity index (χ0v) is 9.60. The van der Waals surface area contributed by atoms with Crippen LogP contribution in [0.3, 0.4) is 0 Å². The molecule has 0 saturated heterocycles. The van der Waals surface area contributed by atoms with Gasteiger partial charge in [0.1, 0.15) is 0 Å². The van der Waals surface area contributed by atoms with Crippen LogP contribution in [0.2, 0.25) is 0 Å². The molecule has 0 radical (unpaired) electrons. The van der Waals surface area contributed by atoms with E-state index in [1.54, 1.807) is 0 Å². The monoisotopic (exact) mass is 252 g/mol. The Labute approximate surface area is 103 Å². The van der Waals surface area contributed by atoms with Gasteiger partial charge in [0.25, 0.3) is 5.91 Å². The van der Waals surface area contributed by atoms with Crippen LogP contribution in [-0.2, 0) is 4.79 Å². The number of aliphatic carboxylic acids is 1. The van der Waals surface area contributed by atoms with Crippen molar-refractivity contribution in [2.45, 2.75) is 25.3 Å². The summed E-state index contributed by atoms with van der Waals surface area (Å²) >= 11 is 0. The molecule has 96 valence electrons. The summed E-state index contributed by atoms with van der Waals surface area (Å²) in [6.45, 7) is 0. The minimum Gasteiger partial charge on any atom is -0.481 e. The molecule has 0 bridgehead atoms. The quantitative estimate of drug-likeness (QED) is 0.792. The molecule has 0 aliphatic heterocycles. The highest BCUT2D eigenvalue weighted by Crippen LogP contribution is 2.26. The Morgan fingerprint density at radius 2 is 2.22 bits per heavy atom. The maximum Gasteiger partial charge on any atom is 0.308 e. The Hall–Kier alpha value is -1.98. The summed E-state index contributed by atoms with van der Waals surface area (Å²) in [4.78, 5) is 26.1. The molecule has 18 heavy (non-hydrogen) atoms. The van der Waals surface area contributed by atoms with Gasteiger partial charge in [-0.2, -0.15) is 4.39 Å². The Morgan fingerprint density at radius 3 is 2.89 bits per heavy atom. The molecule has 1 aliphatic carbocycles. The van der Waals surface area contributed by atoms with E-state index in [0.29, 0.717) is 12.8 Å². The van der Waals surface area contributed by atoms with E-state index in [1.807, 2.05) is 0 Å². The van der Waals surface area contributed by atoms with Crippen molar-refractivity contribution in [2.24, 2.45) is 5.92 Å². The largest absolute Gasteiger partial charge is 0.481 e. The highest BCUT2D eigenvalue weighted by atomic mass is 19.1. The van der Waals surface area contributed by atoms with Gasteiger partial charge in [-0.25, -0.2) is 4.98 Å². The van der Waals surface area contributed by atoms with Gasteiger partial charge in [-0.3, -0.25) is 9.59 Å². The summed E-state index contributed by atoms with van der Waals surface area (Å²) in [6, 6.07) is 2.04. The lowest BCUT2D eigenvalue weighted by molar-refractivity contribution is -0.142. The molecule has 1 aromatic rings. The highest BCUT2D eigenvalue weighted by molar-refractivity contribution is 5.94. The first-order chi connectivity index (χ1) is 8.58. The van der Waals surface area contributed by atoms with E-state index in [1.165, 1.54) is 12.3 Å². The molecule has 2 N–H and O–H groups in total. The maximum atomic E-state index is 12.9. The predicted octanol–water partition coefficient (Wildman–Crippen LogP) is 1.20. The van der Waals surface area contributed by atoms with Crippen LogP contribution in [0.15, 0.2) is 18.3 Å². The lowest BCUT2D eigenvalue weighted by Crippen LogP contribution is -2.40. The van der Waals surface area contributed by atoms with Crippen LogP contribution < -0.4 is 5.32 Å². The van der Waals surface area contributed by atoms with Crippen LogP contribution in [0.1, 0.15) is 29.6 Å². The van der Waals surface area contributed by atoms with Gasteiger partial charge in [-0.05, 0) is 18.9 Å². The van der Waals surface area contributed by atoms with Crippen molar-refractivity contribution in [3.63, 3.8) is 0 Å². The summed E-state index contributed by atoms with van der Waals surface area (Å²) in [5, 5.41) is 11.6. The number of hydrogen-bond acceptors (Lipinski definition) is 3. The molecule has 2 rings (SSSR count). The van der Waals surface area contributed by atoms with Gasteiger partial charge in [0.05, 0.1) is 5.92 Å². The van der Waals surface area contributed by atoms with Gasteiger partial charge in [0, 0.05) is 23.9 Å². The molecule has 2 unspecified atom stereocenters. The average molecular weight is 252 g/mol. The van der Waals surface area contributed by atoms with E-state index < -0.39 is 23.7 Å². The van der Waals surface area contributed by atoms with Crippen LogP contribution in [0.4, 0.5) is 4.39 Å². The van der Waals surface area contributed by atoms with Crippen LogP contribution in [0, 0.1) is 11.9 Å². The van der Waals surface area contributed by atoms with E-state index in [0.717, 1.165) is 12.5 Å². The van der Waals surface area contributed by atoms with Gasteiger partial charge in [0.2, 0.25) is 5.95 Å². The molecule has 1 heterocycles. The number of aromatic nitrogens is 1. The van der Waals surface area contributed by atoms with Crippen molar-refractivity contribution >= 4 is 11.9 Å². The fourth-order valence-corrected chi connectivity index (χ4v) is 2.22. The van der Waals surface area contributed by atoms with Crippen LogP contribution in [0.25, 0.3) is 0 Å². The first kappa shape index (κ1) is 12.5. The smallest absolute Gasteiger partial charge is 0.308 e. The molecule has 0 aromatic carbocycles. The van der Waals surface area contributed by atoms with E-state index in [2.05, 4.69) is 10.3 Å². The molecular formula is C12H13FN2O3. The predicted molar refractivity (Wildman–Crippen MR) is 60.4 cm³/mol. The normalized spacial score (nSPS) is 22.7. The number of halogens is 1. The first-order valence-corrected chi connectivity index (χ1v) is 5.73. The summed E-state index contributed by atoms with van der Waals surface area (Å²) in [6.07, 6.45) is 3.17. The van der Waals surface area contributed by atoms with Gasteiger partial charge >= 0.3 is 5.97 Å². The Balaban J connectivity index is 2.05. The van der Waals surface area contributed by atoms with E-state index in [9.17, 15) is 14.0 Å². The Kier molecular flexibility index (Phi) is 3.55. The maximum absolute atomic E-state index is 12.9. The zero-order valence-electron chi connectivity index (χ0n) is 9.60. The van der Waals surface area contributed by atoms with Crippen molar-refractivity contribution in [3.8, 4) is 0 Å². The molecule has 1 saturated carbocycles. The number of carboxylic acid groups (broad SMARTS) is 1. The topological polar surface area (TPSA) is 79.3 Å². The molecule has 1 amide bonds. The summed E-state index contributed by atoms with van der Waals surface area (Å²) in [5.74, 6) is -2.65. The number of carbonyl (C=O) groups is 2. The highest BCUT2D eigenvalue weighted by Gasteiger charge is 2.33. The number of carboxylic acids is 1. The summed E-state index contributed by atoms with van der Waals surface area (Å²) in [7, 11) is 0. The second-order valence-corrected chi connectivity index (χ2v) is 4.32. The van der Waals surface area contributed by atoms with Crippen molar-refractivity contribution < 1.29 is 19.1 Å². The Bertz CT molecular complexity index is 478. The molecular weight excluding hydrogens is 239 g/mol. The lowest BCUT2D eigenvalue weighted by atomic mass is 10.0. The lowest BCUT2D eigenvalue weighted by Gasteiger charge is -2.17. The second-order valence-electron chi connectivity index (χ2n) is 4.32. The van der Waals surface area contributed by atoms with Crippen molar-refractivity contribution in [3.05, 3.63) is 29.8 Å².